The monoisotopic (exact) mass is 618 g/mol. The molecule has 1 N–H and O–H groups in total. The predicted octanol–water partition coefficient (Wildman–Crippen LogP) is 7.44. The van der Waals surface area contributed by atoms with E-state index in [1.54, 1.807) is 23.6 Å². The lowest BCUT2D eigenvalue weighted by Crippen LogP contribution is -2.48. The lowest BCUT2D eigenvalue weighted by atomic mass is 9.86. The maximum Gasteiger partial charge on any atom is 0.263 e. The largest absolute Gasteiger partial charge is 0.482 e. The molecule has 43 heavy (non-hydrogen) atoms. The second kappa shape index (κ2) is 12.3. The zero-order valence-electron chi connectivity index (χ0n) is 25.1. The summed E-state index contributed by atoms with van der Waals surface area (Å²) in [7, 11) is 0. The number of piperidine rings is 1. The zero-order chi connectivity index (χ0) is 30.0. The van der Waals surface area contributed by atoms with Gasteiger partial charge < -0.3 is 19.9 Å². The summed E-state index contributed by atoms with van der Waals surface area (Å²) in [5, 5.41) is 8.01. The minimum atomic E-state index is -0.447. The van der Waals surface area contributed by atoms with Gasteiger partial charge in [-0.1, -0.05) is 62.4 Å². The van der Waals surface area contributed by atoms with Gasteiger partial charge in [-0.3, -0.25) is 4.79 Å². The summed E-state index contributed by atoms with van der Waals surface area (Å²) in [6, 6.07) is 16.1. The second-order valence-corrected chi connectivity index (χ2v) is 14.4. The van der Waals surface area contributed by atoms with Crippen LogP contribution in [-0.4, -0.2) is 42.7 Å². The Labute approximate surface area is 261 Å². The summed E-state index contributed by atoms with van der Waals surface area (Å²) in [6.45, 7) is 10.2. The van der Waals surface area contributed by atoms with Gasteiger partial charge in [0.05, 0.1) is 11.9 Å². The first-order valence-corrected chi connectivity index (χ1v) is 16.8. The Morgan fingerprint density at radius 2 is 1.81 bits per heavy atom. The van der Waals surface area contributed by atoms with E-state index in [1.807, 2.05) is 11.4 Å². The lowest BCUT2D eigenvalue weighted by molar-refractivity contribution is 0.0375. The molecule has 2 aliphatic rings. The third-order valence-corrected chi connectivity index (χ3v) is 10.4. The topological polar surface area (TPSA) is 57.7 Å². The van der Waals surface area contributed by atoms with Crippen molar-refractivity contribution >= 4 is 39.4 Å². The molecule has 0 aliphatic carbocycles. The Hall–Kier alpha value is -3.43. The highest BCUT2D eigenvalue weighted by atomic mass is 32.1. The summed E-state index contributed by atoms with van der Waals surface area (Å²) in [5.41, 5.74) is 4.20. The van der Waals surface area contributed by atoms with E-state index in [2.05, 4.69) is 76.6 Å². The van der Waals surface area contributed by atoms with E-state index in [1.165, 1.54) is 34.1 Å². The van der Waals surface area contributed by atoms with Crippen molar-refractivity contribution in [3.05, 3.63) is 92.9 Å². The lowest BCUT2D eigenvalue weighted by Gasteiger charge is -2.41. The Bertz CT molecular complexity index is 1540. The van der Waals surface area contributed by atoms with Crippen molar-refractivity contribution in [2.45, 2.75) is 64.0 Å². The van der Waals surface area contributed by atoms with Crippen molar-refractivity contribution in [2.24, 2.45) is 0 Å². The van der Waals surface area contributed by atoms with Crippen molar-refractivity contribution < 1.29 is 13.9 Å². The molecule has 2 aromatic carbocycles. The highest BCUT2D eigenvalue weighted by Gasteiger charge is 2.41. The number of fused-ring (bicyclic) bond motifs is 1. The molecule has 0 saturated carbocycles. The number of thiazole rings is 1. The molecule has 2 aromatic heterocycles. The van der Waals surface area contributed by atoms with Crippen LogP contribution in [-0.2, 0) is 18.4 Å². The number of carbonyl (C=O) groups excluding carboxylic acids is 1. The summed E-state index contributed by atoms with van der Waals surface area (Å²) in [5.74, 6) is -0.0425. The number of aromatic nitrogens is 1. The molecule has 0 atom stereocenters. The van der Waals surface area contributed by atoms with Crippen molar-refractivity contribution in [1.82, 2.24) is 10.3 Å². The van der Waals surface area contributed by atoms with Crippen LogP contribution in [0.2, 0.25) is 0 Å². The van der Waals surface area contributed by atoms with Crippen molar-refractivity contribution in [1.29, 1.82) is 0 Å². The predicted molar refractivity (Wildman–Crippen MR) is 174 cm³/mol. The fraction of sp³-hybridized carbons (Fsp3) is 0.412. The van der Waals surface area contributed by atoms with Crippen LogP contribution >= 0.6 is 22.7 Å². The Balaban J connectivity index is 1.10. The number of ether oxygens (including phenoxy) is 1. The van der Waals surface area contributed by atoms with Gasteiger partial charge >= 0.3 is 0 Å². The molecule has 2 aliphatic heterocycles. The minimum Gasteiger partial charge on any atom is -0.482 e. The molecule has 1 fully saturated rings. The molecule has 226 valence electrons. The summed E-state index contributed by atoms with van der Waals surface area (Å²) >= 11 is 3.09. The van der Waals surface area contributed by atoms with Crippen LogP contribution in [0.3, 0.4) is 0 Å². The Kier molecular flexibility index (Phi) is 8.47. The van der Waals surface area contributed by atoms with Gasteiger partial charge in [-0.05, 0) is 57.5 Å². The number of hydrogen-bond acceptors (Lipinski definition) is 7. The minimum absolute atomic E-state index is 0.0835. The van der Waals surface area contributed by atoms with E-state index in [0.29, 0.717) is 23.7 Å². The molecule has 1 amide bonds. The fourth-order valence-electron chi connectivity index (χ4n) is 5.89. The molecular weight excluding hydrogens is 580 g/mol. The number of anilines is 2. The van der Waals surface area contributed by atoms with Gasteiger partial charge in [0, 0.05) is 52.0 Å². The average Bonchev–Trinajstić information content (AvgIpc) is 3.67. The number of hydrogen-bond donors (Lipinski definition) is 1. The van der Waals surface area contributed by atoms with Crippen LogP contribution in [0.15, 0.2) is 65.5 Å². The van der Waals surface area contributed by atoms with Gasteiger partial charge in [-0.2, -0.15) is 11.3 Å². The normalized spacial score (nSPS) is 16.5. The molecule has 6 nitrogen and oxygen atoms in total. The highest BCUT2D eigenvalue weighted by Crippen LogP contribution is 2.43. The highest BCUT2D eigenvalue weighted by molar-refractivity contribution is 7.17. The molecule has 1 spiro atoms. The molecule has 0 radical (unpaired) electrons. The quantitative estimate of drug-likeness (QED) is 0.233. The van der Waals surface area contributed by atoms with E-state index >= 15 is 4.39 Å². The Morgan fingerprint density at radius 3 is 2.53 bits per heavy atom. The second-order valence-electron chi connectivity index (χ2n) is 12.6. The fourth-order valence-corrected chi connectivity index (χ4v) is 7.47. The van der Waals surface area contributed by atoms with Crippen molar-refractivity contribution in [3.8, 4) is 5.75 Å². The number of nitrogens with one attached hydrogen (secondary N) is 1. The van der Waals surface area contributed by atoms with Gasteiger partial charge in [0.1, 0.15) is 10.5 Å². The number of halogens is 1. The van der Waals surface area contributed by atoms with Crippen LogP contribution in [0.1, 0.15) is 66.4 Å². The summed E-state index contributed by atoms with van der Waals surface area (Å²) in [6.07, 6.45) is 4.82. The van der Waals surface area contributed by atoms with Crippen molar-refractivity contribution in [2.75, 3.05) is 36.0 Å². The SMILES string of the molecule is CC(C)(C)c1ccc(CN2CCC3(CCN(c4ncc(C(=O)NCCc5ccsc5)s4)CC3)Oc3c(F)cccc32)cc1. The summed E-state index contributed by atoms with van der Waals surface area (Å²) in [4.78, 5) is 22.4. The number of carbonyl (C=O) groups is 1. The molecule has 0 bridgehead atoms. The number of para-hydroxylation sites is 1. The average molecular weight is 619 g/mol. The van der Waals surface area contributed by atoms with Gasteiger partial charge in [0.25, 0.3) is 5.91 Å². The smallest absolute Gasteiger partial charge is 0.263 e. The van der Waals surface area contributed by atoms with Crippen LogP contribution in [0.5, 0.6) is 5.75 Å². The molecule has 4 heterocycles. The maximum atomic E-state index is 15.3. The van der Waals surface area contributed by atoms with Gasteiger partial charge in [0.15, 0.2) is 16.7 Å². The van der Waals surface area contributed by atoms with Crippen LogP contribution < -0.4 is 19.9 Å². The third kappa shape index (κ3) is 6.73. The number of rotatable bonds is 7. The zero-order valence-corrected chi connectivity index (χ0v) is 26.7. The number of nitrogens with zero attached hydrogens (tertiary/aromatic N) is 3. The van der Waals surface area contributed by atoms with Gasteiger partial charge in [0.2, 0.25) is 0 Å². The van der Waals surface area contributed by atoms with E-state index in [-0.39, 0.29) is 17.1 Å². The molecular formula is C34H39FN4O2S2. The Morgan fingerprint density at radius 1 is 1.05 bits per heavy atom. The van der Waals surface area contributed by atoms with E-state index in [9.17, 15) is 4.79 Å². The third-order valence-electron chi connectivity index (χ3n) is 8.58. The standard InChI is InChI=1S/C34H39FN4O2S2/c1-33(2,3)26-9-7-24(8-10-26)22-39-19-15-34(41-30-27(35)5-4-6-28(30)39)13-17-38(18-14-34)32-37-21-29(43-32)31(40)36-16-11-25-12-20-42-23-25/h4-10,12,20-21,23H,11,13-19,22H2,1-3H3,(H,36,40). The molecule has 4 aromatic rings. The molecule has 1 saturated heterocycles. The number of amides is 1. The van der Waals surface area contributed by atoms with E-state index in [4.69, 9.17) is 4.74 Å². The van der Waals surface area contributed by atoms with E-state index in [0.717, 1.165) is 56.1 Å². The van der Waals surface area contributed by atoms with Crippen LogP contribution in [0, 0.1) is 5.82 Å². The molecule has 0 unspecified atom stereocenters. The number of thiophene rings is 1. The maximum absolute atomic E-state index is 15.3. The number of benzene rings is 2. The van der Waals surface area contributed by atoms with Gasteiger partial charge in [-0.25, -0.2) is 9.37 Å². The first-order valence-electron chi connectivity index (χ1n) is 15.0. The van der Waals surface area contributed by atoms with Crippen LogP contribution in [0.25, 0.3) is 0 Å². The van der Waals surface area contributed by atoms with E-state index < -0.39 is 5.60 Å². The first-order chi connectivity index (χ1) is 20.7. The van der Waals surface area contributed by atoms with Crippen LogP contribution in [0.4, 0.5) is 15.2 Å². The first kappa shape index (κ1) is 29.6. The molecule has 6 rings (SSSR count). The molecule has 9 heteroatoms. The van der Waals surface area contributed by atoms with Crippen molar-refractivity contribution in [3.63, 3.8) is 0 Å². The van der Waals surface area contributed by atoms with Gasteiger partial charge in [-0.15, -0.1) is 0 Å². The summed E-state index contributed by atoms with van der Waals surface area (Å²) < 4.78 is 21.9.